The van der Waals surface area contributed by atoms with Crippen molar-refractivity contribution in [1.82, 2.24) is 23.3 Å². The molecule has 0 atom stereocenters. The average molecular weight is 698 g/mol. The highest BCUT2D eigenvalue weighted by atomic mass is 15.1. The van der Waals surface area contributed by atoms with E-state index in [9.17, 15) is 0 Å². The third-order valence-corrected chi connectivity index (χ3v) is 12.3. The van der Waals surface area contributed by atoms with Gasteiger partial charge in [0, 0.05) is 54.3 Å². The molecule has 0 amide bonds. The first-order valence-corrected chi connectivity index (χ1v) is 18.9. The van der Waals surface area contributed by atoms with Crippen molar-refractivity contribution >= 4 is 109 Å². The van der Waals surface area contributed by atoms with Crippen LogP contribution in [-0.4, -0.2) is 23.3 Å². The summed E-state index contributed by atoms with van der Waals surface area (Å²) in [6, 6.07) is 59.5. The molecule has 0 aliphatic rings. The van der Waals surface area contributed by atoms with Crippen LogP contribution in [0, 0.1) is 0 Å². The van der Waals surface area contributed by atoms with Crippen molar-refractivity contribution in [3.8, 4) is 16.8 Å². The number of hydrogen-bond donors (Lipinski definition) is 0. The minimum atomic E-state index is 0.895. The lowest BCUT2D eigenvalue weighted by atomic mass is 9.99. The summed E-state index contributed by atoms with van der Waals surface area (Å²) in [5.74, 6) is 0. The number of benzene rings is 8. The van der Waals surface area contributed by atoms with Gasteiger partial charge in [-0.1, -0.05) is 127 Å². The van der Waals surface area contributed by atoms with Crippen LogP contribution < -0.4 is 0 Å². The van der Waals surface area contributed by atoms with Gasteiger partial charge in [0.15, 0.2) is 11.3 Å². The Kier molecular flexibility index (Phi) is 4.96. The monoisotopic (exact) mass is 697 g/mol. The van der Waals surface area contributed by atoms with E-state index >= 15 is 0 Å². The minimum Gasteiger partial charge on any atom is -0.309 e. The SMILES string of the molecule is c1ccc(-n2c3ccccc3c3cc(-c4cccc5c6cccc7c8nc9c(nc8n(c45)c67)c4cccc5c6c7ccccc7ccc6n9c45)ccc32)cc1. The Morgan fingerprint density at radius 1 is 0.364 bits per heavy atom. The molecule has 0 aliphatic heterocycles. The first kappa shape index (κ1) is 28.1. The van der Waals surface area contributed by atoms with Crippen LogP contribution >= 0.6 is 0 Å². The molecule has 6 heterocycles. The third kappa shape index (κ3) is 3.32. The van der Waals surface area contributed by atoms with E-state index in [-0.39, 0.29) is 0 Å². The average Bonchev–Trinajstić information content (AvgIpc) is 4.03. The van der Waals surface area contributed by atoms with E-state index < -0.39 is 0 Å². The van der Waals surface area contributed by atoms with Crippen LogP contribution in [0.1, 0.15) is 0 Å². The van der Waals surface area contributed by atoms with Crippen LogP contribution in [0.2, 0.25) is 0 Å². The standard InChI is InChI=1S/C50H27N5/c1-2-12-30(13-3-1)53-40-22-7-6-15-33(40)39-27-29(24-25-41(39)53)32-16-8-17-34-35-18-9-20-37-45-50(55(46(32)34)47(35)37)52-44-38-21-10-19-36-43-31-14-5-4-11-28(31)23-26-42(43)54(48(36)38)49(44)51-45/h1-27H. The van der Waals surface area contributed by atoms with Gasteiger partial charge in [0.1, 0.15) is 11.0 Å². The van der Waals surface area contributed by atoms with Gasteiger partial charge in [-0.2, -0.15) is 0 Å². The van der Waals surface area contributed by atoms with E-state index in [0.717, 1.165) is 44.3 Å². The third-order valence-electron chi connectivity index (χ3n) is 12.3. The first-order chi connectivity index (χ1) is 27.3. The van der Waals surface area contributed by atoms with Crippen molar-refractivity contribution in [3.05, 3.63) is 164 Å². The van der Waals surface area contributed by atoms with Crippen LogP contribution in [0.4, 0.5) is 0 Å². The molecule has 5 heteroatoms. The molecule has 252 valence electrons. The van der Waals surface area contributed by atoms with Gasteiger partial charge < -0.3 is 4.57 Å². The maximum Gasteiger partial charge on any atom is 0.165 e. The van der Waals surface area contributed by atoms with Crippen molar-refractivity contribution in [3.63, 3.8) is 0 Å². The van der Waals surface area contributed by atoms with Gasteiger partial charge in [-0.3, -0.25) is 8.80 Å². The zero-order valence-electron chi connectivity index (χ0n) is 29.3. The topological polar surface area (TPSA) is 39.5 Å². The fourth-order valence-electron chi connectivity index (χ4n) is 10.1. The molecule has 14 aromatic rings. The quantitative estimate of drug-likeness (QED) is 0.180. The first-order valence-electron chi connectivity index (χ1n) is 18.9. The number of hydrogen-bond acceptors (Lipinski definition) is 2. The van der Waals surface area contributed by atoms with Gasteiger partial charge in [-0.15, -0.1) is 0 Å². The van der Waals surface area contributed by atoms with Crippen molar-refractivity contribution in [1.29, 1.82) is 0 Å². The maximum absolute atomic E-state index is 5.62. The van der Waals surface area contributed by atoms with Crippen molar-refractivity contribution in [2.75, 3.05) is 0 Å². The predicted molar refractivity (Wildman–Crippen MR) is 229 cm³/mol. The fourth-order valence-corrected chi connectivity index (χ4v) is 10.1. The molecule has 0 N–H and O–H groups in total. The Labute approximate surface area is 312 Å². The molecule has 5 nitrogen and oxygen atoms in total. The van der Waals surface area contributed by atoms with E-state index in [0.29, 0.717) is 0 Å². The second kappa shape index (κ2) is 9.72. The van der Waals surface area contributed by atoms with Crippen molar-refractivity contribution in [2.45, 2.75) is 0 Å². The fraction of sp³-hybridized carbons (Fsp3) is 0. The Morgan fingerprint density at radius 3 is 1.80 bits per heavy atom. The summed E-state index contributed by atoms with van der Waals surface area (Å²) >= 11 is 0. The zero-order valence-corrected chi connectivity index (χ0v) is 29.3. The Balaban J connectivity index is 1.10. The smallest absolute Gasteiger partial charge is 0.165 e. The highest BCUT2D eigenvalue weighted by molar-refractivity contribution is 6.29. The minimum absolute atomic E-state index is 0.895. The number of nitrogens with zero attached hydrogens (tertiary/aromatic N) is 5. The second-order valence-electron chi connectivity index (χ2n) is 14.9. The number of para-hydroxylation sites is 5. The second-order valence-corrected chi connectivity index (χ2v) is 14.9. The van der Waals surface area contributed by atoms with E-state index in [1.165, 1.54) is 81.8 Å². The van der Waals surface area contributed by atoms with Gasteiger partial charge in [0.25, 0.3) is 0 Å². The molecule has 0 spiro atoms. The van der Waals surface area contributed by atoms with Gasteiger partial charge in [0.05, 0.1) is 33.1 Å². The van der Waals surface area contributed by atoms with E-state index in [1.807, 2.05) is 0 Å². The Morgan fingerprint density at radius 2 is 0.964 bits per heavy atom. The van der Waals surface area contributed by atoms with Crippen LogP contribution in [0.25, 0.3) is 126 Å². The summed E-state index contributed by atoms with van der Waals surface area (Å²) < 4.78 is 7.13. The van der Waals surface area contributed by atoms with Crippen LogP contribution in [-0.2, 0) is 0 Å². The number of fused-ring (bicyclic) bond motifs is 17. The van der Waals surface area contributed by atoms with Crippen LogP contribution in [0.3, 0.4) is 0 Å². The Bertz CT molecular complexity index is 3940. The molecule has 0 fully saturated rings. The van der Waals surface area contributed by atoms with Crippen molar-refractivity contribution < 1.29 is 0 Å². The molecular formula is C50H27N5. The predicted octanol–water partition coefficient (Wildman–Crippen LogP) is 12.7. The van der Waals surface area contributed by atoms with Crippen molar-refractivity contribution in [2.24, 2.45) is 0 Å². The van der Waals surface area contributed by atoms with Gasteiger partial charge in [-0.05, 0) is 52.7 Å². The summed E-state index contributed by atoms with van der Waals surface area (Å²) in [4.78, 5) is 11.2. The molecule has 0 saturated heterocycles. The highest BCUT2D eigenvalue weighted by Gasteiger charge is 2.26. The summed E-state index contributed by atoms with van der Waals surface area (Å²) in [6.45, 7) is 0. The van der Waals surface area contributed by atoms with E-state index in [2.05, 4.69) is 177 Å². The van der Waals surface area contributed by atoms with E-state index in [4.69, 9.17) is 9.97 Å². The van der Waals surface area contributed by atoms with Crippen LogP contribution in [0.15, 0.2) is 164 Å². The lowest BCUT2D eigenvalue weighted by Gasteiger charge is -2.09. The molecule has 0 saturated carbocycles. The molecular weight excluding hydrogens is 671 g/mol. The summed E-state index contributed by atoms with van der Waals surface area (Å²) in [6.07, 6.45) is 0. The molecule has 0 unspecified atom stereocenters. The number of aromatic nitrogens is 5. The van der Waals surface area contributed by atoms with Gasteiger partial charge >= 0.3 is 0 Å². The summed E-state index contributed by atoms with van der Waals surface area (Å²) in [5.41, 5.74) is 14.3. The molecule has 0 bridgehead atoms. The molecule has 0 radical (unpaired) electrons. The highest BCUT2D eigenvalue weighted by Crippen LogP contribution is 2.45. The maximum atomic E-state index is 5.62. The number of rotatable bonds is 2. The largest absolute Gasteiger partial charge is 0.309 e. The molecule has 6 aromatic heterocycles. The lowest BCUT2D eigenvalue weighted by Crippen LogP contribution is -1.93. The molecule has 14 rings (SSSR count). The molecule has 8 aromatic carbocycles. The summed E-state index contributed by atoms with van der Waals surface area (Å²) in [7, 11) is 0. The normalized spacial score (nSPS) is 12.7. The lowest BCUT2D eigenvalue weighted by molar-refractivity contribution is 1.18. The molecule has 0 aliphatic carbocycles. The Hall–Kier alpha value is -7.50. The van der Waals surface area contributed by atoms with Gasteiger partial charge in [-0.25, -0.2) is 9.97 Å². The molecule has 55 heavy (non-hydrogen) atoms. The van der Waals surface area contributed by atoms with Gasteiger partial charge in [0.2, 0.25) is 0 Å². The summed E-state index contributed by atoms with van der Waals surface area (Å²) in [5, 5.41) is 12.2. The van der Waals surface area contributed by atoms with E-state index in [1.54, 1.807) is 0 Å². The zero-order chi connectivity index (χ0) is 35.5. The van der Waals surface area contributed by atoms with Crippen LogP contribution in [0.5, 0.6) is 0 Å².